The molecule has 0 aromatic rings. The van der Waals surface area contributed by atoms with E-state index in [1.165, 1.54) is 20.8 Å². The minimum absolute atomic E-state index is 0.0509. The van der Waals surface area contributed by atoms with Crippen LogP contribution in [0.1, 0.15) is 27.7 Å². The number of carbonyl (C=O) groups is 3. The second-order valence-corrected chi connectivity index (χ2v) is 3.76. The maximum Gasteiger partial charge on any atom is 0.303 e. The molecule has 0 aromatic carbocycles. The van der Waals surface area contributed by atoms with Crippen LogP contribution < -0.4 is 0 Å². The Kier molecular flexibility index (Phi) is 8.52. The summed E-state index contributed by atoms with van der Waals surface area (Å²) in [6.45, 7) is 5.72. The lowest BCUT2D eigenvalue weighted by atomic mass is 10.2. The minimum atomic E-state index is -0.892. The van der Waals surface area contributed by atoms with E-state index in [0.717, 1.165) is 0 Å². The molecular formula is C12H20O7. The molecule has 0 radical (unpaired) electrons. The highest BCUT2D eigenvalue weighted by atomic mass is 16.6. The predicted octanol–water partition coefficient (Wildman–Crippen LogP) is 0.449. The molecule has 0 bridgehead atoms. The molecule has 0 amide bonds. The molecule has 0 fully saturated rings. The summed E-state index contributed by atoms with van der Waals surface area (Å²) in [5.41, 5.74) is 0. The predicted molar refractivity (Wildman–Crippen MR) is 64.2 cm³/mol. The second-order valence-electron chi connectivity index (χ2n) is 3.76. The first-order valence-electron chi connectivity index (χ1n) is 5.92. The zero-order chi connectivity index (χ0) is 14.8. The number of carbonyl (C=O) groups excluding carboxylic acids is 3. The van der Waals surface area contributed by atoms with E-state index in [4.69, 9.17) is 18.9 Å². The average Bonchev–Trinajstić information content (AvgIpc) is 2.28. The van der Waals surface area contributed by atoms with Crippen molar-refractivity contribution in [2.24, 2.45) is 0 Å². The van der Waals surface area contributed by atoms with Crippen LogP contribution in [0.5, 0.6) is 0 Å². The normalized spacial score (nSPS) is 13.3. The van der Waals surface area contributed by atoms with Crippen molar-refractivity contribution >= 4 is 17.9 Å². The van der Waals surface area contributed by atoms with Crippen molar-refractivity contribution < 1.29 is 33.3 Å². The van der Waals surface area contributed by atoms with Gasteiger partial charge in [0, 0.05) is 27.4 Å². The van der Waals surface area contributed by atoms with E-state index < -0.39 is 30.1 Å². The third kappa shape index (κ3) is 9.01. The van der Waals surface area contributed by atoms with E-state index in [1.54, 1.807) is 6.92 Å². The maximum absolute atomic E-state index is 11.0. The first-order chi connectivity index (χ1) is 8.86. The lowest BCUT2D eigenvalue weighted by molar-refractivity contribution is -0.177. The van der Waals surface area contributed by atoms with Crippen LogP contribution in [-0.2, 0) is 33.3 Å². The number of hydrogen-bond donors (Lipinski definition) is 0. The number of hydrogen-bond acceptors (Lipinski definition) is 7. The quantitative estimate of drug-likeness (QED) is 0.469. The van der Waals surface area contributed by atoms with Gasteiger partial charge in [-0.25, -0.2) is 0 Å². The third-order valence-electron chi connectivity index (χ3n) is 1.99. The molecule has 0 aliphatic heterocycles. The summed E-state index contributed by atoms with van der Waals surface area (Å²) in [7, 11) is 0. The fraction of sp³-hybridized carbons (Fsp3) is 0.750. The zero-order valence-electron chi connectivity index (χ0n) is 11.6. The summed E-state index contributed by atoms with van der Waals surface area (Å²) in [6, 6.07) is 0. The molecule has 2 atom stereocenters. The third-order valence-corrected chi connectivity index (χ3v) is 1.99. The van der Waals surface area contributed by atoms with Gasteiger partial charge in [0.05, 0.1) is 6.61 Å². The van der Waals surface area contributed by atoms with Gasteiger partial charge in [0.25, 0.3) is 0 Å². The first-order valence-corrected chi connectivity index (χ1v) is 5.92. The van der Waals surface area contributed by atoms with Crippen LogP contribution >= 0.6 is 0 Å². The highest BCUT2D eigenvalue weighted by Crippen LogP contribution is 2.08. The molecule has 0 heterocycles. The van der Waals surface area contributed by atoms with Gasteiger partial charge in [0.15, 0.2) is 12.2 Å². The molecule has 2 unspecified atom stereocenters. The second kappa shape index (κ2) is 9.32. The van der Waals surface area contributed by atoms with Gasteiger partial charge < -0.3 is 18.9 Å². The molecule has 0 rings (SSSR count). The topological polar surface area (TPSA) is 88.1 Å². The Morgan fingerprint density at radius 2 is 1.32 bits per heavy atom. The van der Waals surface area contributed by atoms with E-state index in [-0.39, 0.29) is 13.2 Å². The molecule has 7 nitrogen and oxygen atoms in total. The SMILES string of the molecule is CCOCC(OC(C)=O)C(COC(C)=O)OC(C)=O. The summed E-state index contributed by atoms with van der Waals surface area (Å²) in [4.78, 5) is 32.8. The fourth-order valence-corrected chi connectivity index (χ4v) is 1.29. The molecule has 0 saturated heterocycles. The summed E-state index contributed by atoms with van der Waals surface area (Å²) >= 11 is 0. The average molecular weight is 276 g/mol. The Morgan fingerprint density at radius 3 is 1.68 bits per heavy atom. The lowest BCUT2D eigenvalue weighted by Crippen LogP contribution is -2.41. The van der Waals surface area contributed by atoms with Gasteiger partial charge in [-0.2, -0.15) is 0 Å². The van der Waals surface area contributed by atoms with Gasteiger partial charge in [-0.3, -0.25) is 14.4 Å². The first kappa shape index (κ1) is 17.4. The Bertz CT molecular complexity index is 313. The van der Waals surface area contributed by atoms with Gasteiger partial charge in [0.2, 0.25) is 0 Å². The Morgan fingerprint density at radius 1 is 0.842 bits per heavy atom. The van der Waals surface area contributed by atoms with Crippen LogP contribution in [0, 0.1) is 0 Å². The highest BCUT2D eigenvalue weighted by molar-refractivity contribution is 5.68. The maximum atomic E-state index is 11.0. The van der Waals surface area contributed by atoms with Crippen molar-refractivity contribution in [3.05, 3.63) is 0 Å². The van der Waals surface area contributed by atoms with Crippen molar-refractivity contribution in [2.45, 2.75) is 39.9 Å². The van der Waals surface area contributed by atoms with E-state index in [0.29, 0.717) is 6.61 Å². The molecule has 0 N–H and O–H groups in total. The van der Waals surface area contributed by atoms with Crippen LogP contribution in [0.4, 0.5) is 0 Å². The van der Waals surface area contributed by atoms with Crippen molar-refractivity contribution in [3.8, 4) is 0 Å². The molecule has 19 heavy (non-hydrogen) atoms. The highest BCUT2D eigenvalue weighted by Gasteiger charge is 2.28. The summed E-state index contributed by atoms with van der Waals surface area (Å²) < 4.78 is 19.9. The van der Waals surface area contributed by atoms with Crippen LogP contribution in [0.3, 0.4) is 0 Å². The lowest BCUT2D eigenvalue weighted by Gasteiger charge is -2.25. The van der Waals surface area contributed by atoms with Crippen LogP contribution in [-0.4, -0.2) is 49.9 Å². The molecule has 0 aliphatic carbocycles. The van der Waals surface area contributed by atoms with Gasteiger partial charge >= 0.3 is 17.9 Å². The molecule has 110 valence electrons. The Balaban J connectivity index is 4.70. The molecule has 0 spiro atoms. The monoisotopic (exact) mass is 276 g/mol. The van der Waals surface area contributed by atoms with Crippen molar-refractivity contribution in [1.82, 2.24) is 0 Å². The number of esters is 3. The molecular weight excluding hydrogens is 256 g/mol. The van der Waals surface area contributed by atoms with E-state index in [9.17, 15) is 14.4 Å². The summed E-state index contributed by atoms with van der Waals surface area (Å²) in [5.74, 6) is -1.62. The van der Waals surface area contributed by atoms with Gasteiger partial charge in [-0.05, 0) is 6.92 Å². The van der Waals surface area contributed by atoms with Crippen molar-refractivity contribution in [3.63, 3.8) is 0 Å². The fourth-order valence-electron chi connectivity index (χ4n) is 1.29. The summed E-state index contributed by atoms with van der Waals surface area (Å²) in [6.07, 6.45) is -1.71. The number of ether oxygens (including phenoxy) is 4. The standard InChI is InChI=1S/C12H20O7/c1-5-16-6-11(18-9(3)14)12(19-10(4)15)7-17-8(2)13/h11-12H,5-7H2,1-4H3. The zero-order valence-corrected chi connectivity index (χ0v) is 11.6. The van der Waals surface area contributed by atoms with Crippen molar-refractivity contribution in [1.29, 1.82) is 0 Å². The minimum Gasteiger partial charge on any atom is -0.462 e. The van der Waals surface area contributed by atoms with Crippen LogP contribution in [0.2, 0.25) is 0 Å². The number of rotatable bonds is 8. The van der Waals surface area contributed by atoms with Crippen molar-refractivity contribution in [2.75, 3.05) is 19.8 Å². The molecule has 0 saturated carbocycles. The van der Waals surface area contributed by atoms with Crippen LogP contribution in [0.15, 0.2) is 0 Å². The molecule has 0 aromatic heterocycles. The van der Waals surface area contributed by atoms with E-state index in [2.05, 4.69) is 0 Å². The molecule has 0 aliphatic rings. The van der Waals surface area contributed by atoms with Crippen LogP contribution in [0.25, 0.3) is 0 Å². The van der Waals surface area contributed by atoms with E-state index >= 15 is 0 Å². The van der Waals surface area contributed by atoms with Gasteiger partial charge in [-0.15, -0.1) is 0 Å². The Hall–Kier alpha value is -1.63. The largest absolute Gasteiger partial charge is 0.462 e. The van der Waals surface area contributed by atoms with Gasteiger partial charge in [-0.1, -0.05) is 0 Å². The van der Waals surface area contributed by atoms with Gasteiger partial charge in [0.1, 0.15) is 6.61 Å². The Labute approximate surface area is 112 Å². The summed E-state index contributed by atoms with van der Waals surface area (Å²) in [5, 5.41) is 0. The molecule has 7 heteroatoms. The smallest absolute Gasteiger partial charge is 0.303 e. The van der Waals surface area contributed by atoms with E-state index in [1.807, 2.05) is 0 Å².